The minimum atomic E-state index is -0.288. The van der Waals surface area contributed by atoms with Gasteiger partial charge in [0.15, 0.2) is 0 Å². The van der Waals surface area contributed by atoms with E-state index < -0.39 is 0 Å². The highest BCUT2D eigenvalue weighted by Gasteiger charge is 2.06. The Morgan fingerprint density at radius 1 is 1.58 bits per heavy atom. The second-order valence-corrected chi connectivity index (χ2v) is 3.67. The molecule has 0 aliphatic heterocycles. The minimum Gasteiger partial charge on any atom is -0.316 e. The van der Waals surface area contributed by atoms with Gasteiger partial charge >= 0.3 is 0 Å². The SMILES string of the molecule is CNCc1c(F)cc(Cl)cc1Br. The van der Waals surface area contributed by atoms with Gasteiger partial charge in [0.2, 0.25) is 0 Å². The summed E-state index contributed by atoms with van der Waals surface area (Å²) < 4.78 is 13.8. The fourth-order valence-electron chi connectivity index (χ4n) is 0.918. The van der Waals surface area contributed by atoms with Crippen molar-refractivity contribution in [3.8, 4) is 0 Å². The largest absolute Gasteiger partial charge is 0.316 e. The Balaban J connectivity index is 3.10. The maximum Gasteiger partial charge on any atom is 0.130 e. The summed E-state index contributed by atoms with van der Waals surface area (Å²) in [5.74, 6) is -0.288. The molecule has 66 valence electrons. The molecule has 0 saturated heterocycles. The van der Waals surface area contributed by atoms with E-state index in [0.717, 1.165) is 0 Å². The first-order valence-corrected chi connectivity index (χ1v) is 4.60. The van der Waals surface area contributed by atoms with Crippen molar-refractivity contribution in [2.75, 3.05) is 7.05 Å². The predicted molar refractivity (Wildman–Crippen MR) is 51.9 cm³/mol. The third-order valence-electron chi connectivity index (χ3n) is 1.46. The summed E-state index contributed by atoms with van der Waals surface area (Å²) in [6, 6.07) is 2.98. The molecule has 1 N–H and O–H groups in total. The number of hydrogen-bond donors (Lipinski definition) is 1. The Bertz CT molecular complexity index is 267. The Morgan fingerprint density at radius 2 is 2.25 bits per heavy atom. The third kappa shape index (κ3) is 2.19. The standard InChI is InChI=1S/C8H8BrClFN/c1-12-4-6-7(9)2-5(10)3-8(6)11/h2-3,12H,4H2,1H3. The van der Waals surface area contributed by atoms with Crippen LogP contribution in [0.3, 0.4) is 0 Å². The highest BCUT2D eigenvalue weighted by Crippen LogP contribution is 2.24. The van der Waals surface area contributed by atoms with Crippen LogP contribution in [0.25, 0.3) is 0 Å². The minimum absolute atomic E-state index is 0.288. The Kier molecular flexibility index (Phi) is 3.50. The van der Waals surface area contributed by atoms with Gasteiger partial charge in [0.1, 0.15) is 5.82 Å². The van der Waals surface area contributed by atoms with Gasteiger partial charge in [0, 0.05) is 21.6 Å². The summed E-state index contributed by atoms with van der Waals surface area (Å²) in [5.41, 5.74) is 0.599. The van der Waals surface area contributed by atoms with E-state index in [1.165, 1.54) is 6.07 Å². The van der Waals surface area contributed by atoms with Crippen molar-refractivity contribution in [1.82, 2.24) is 5.32 Å². The van der Waals surface area contributed by atoms with Gasteiger partial charge in [-0.3, -0.25) is 0 Å². The van der Waals surface area contributed by atoms with Crippen LogP contribution in [0.4, 0.5) is 4.39 Å². The summed E-state index contributed by atoms with van der Waals surface area (Å²) in [7, 11) is 1.76. The molecule has 0 radical (unpaired) electrons. The lowest BCUT2D eigenvalue weighted by atomic mass is 10.2. The summed E-state index contributed by atoms with van der Waals surface area (Å²) in [6.45, 7) is 0.490. The van der Waals surface area contributed by atoms with Gasteiger partial charge in [0.25, 0.3) is 0 Å². The van der Waals surface area contributed by atoms with Crippen LogP contribution in [0.5, 0.6) is 0 Å². The van der Waals surface area contributed by atoms with E-state index in [0.29, 0.717) is 21.6 Å². The molecule has 1 nitrogen and oxygen atoms in total. The highest BCUT2D eigenvalue weighted by atomic mass is 79.9. The molecule has 0 bridgehead atoms. The van der Waals surface area contributed by atoms with E-state index in [9.17, 15) is 4.39 Å². The van der Waals surface area contributed by atoms with Crippen LogP contribution >= 0.6 is 27.5 Å². The van der Waals surface area contributed by atoms with E-state index in [4.69, 9.17) is 11.6 Å². The molecule has 1 aromatic carbocycles. The van der Waals surface area contributed by atoms with E-state index in [2.05, 4.69) is 21.2 Å². The van der Waals surface area contributed by atoms with Crippen molar-refractivity contribution >= 4 is 27.5 Å². The van der Waals surface area contributed by atoms with Crippen molar-refractivity contribution in [3.05, 3.63) is 33.0 Å². The molecule has 0 aliphatic rings. The highest BCUT2D eigenvalue weighted by molar-refractivity contribution is 9.10. The van der Waals surface area contributed by atoms with Crippen molar-refractivity contribution in [3.63, 3.8) is 0 Å². The monoisotopic (exact) mass is 251 g/mol. The van der Waals surface area contributed by atoms with Crippen LogP contribution in [0.2, 0.25) is 5.02 Å². The lowest BCUT2D eigenvalue weighted by molar-refractivity contribution is 0.599. The average molecular weight is 253 g/mol. The van der Waals surface area contributed by atoms with Gasteiger partial charge in [0.05, 0.1) is 0 Å². The van der Waals surface area contributed by atoms with Crippen molar-refractivity contribution < 1.29 is 4.39 Å². The maximum atomic E-state index is 13.1. The number of hydrogen-bond acceptors (Lipinski definition) is 1. The lowest BCUT2D eigenvalue weighted by Crippen LogP contribution is -2.07. The van der Waals surface area contributed by atoms with Crippen LogP contribution in [0.1, 0.15) is 5.56 Å². The normalized spacial score (nSPS) is 10.3. The van der Waals surface area contributed by atoms with Gasteiger partial charge in [-0.05, 0) is 19.2 Å². The fraction of sp³-hybridized carbons (Fsp3) is 0.250. The molecule has 4 heteroatoms. The molecule has 0 unspecified atom stereocenters. The topological polar surface area (TPSA) is 12.0 Å². The zero-order valence-electron chi connectivity index (χ0n) is 6.50. The predicted octanol–water partition coefficient (Wildman–Crippen LogP) is 2.96. The maximum absolute atomic E-state index is 13.1. The molecule has 1 rings (SSSR count). The summed E-state index contributed by atoms with van der Waals surface area (Å²) >= 11 is 8.87. The van der Waals surface area contributed by atoms with Gasteiger partial charge in [-0.15, -0.1) is 0 Å². The molecule has 0 spiro atoms. The van der Waals surface area contributed by atoms with E-state index in [-0.39, 0.29) is 5.82 Å². The molecule has 0 atom stereocenters. The van der Waals surface area contributed by atoms with Crippen LogP contribution < -0.4 is 5.32 Å². The molecule has 0 aromatic heterocycles. The van der Waals surface area contributed by atoms with Gasteiger partial charge in [-0.25, -0.2) is 4.39 Å². The average Bonchev–Trinajstić information content (AvgIpc) is 1.96. The Hall–Kier alpha value is -0.120. The van der Waals surface area contributed by atoms with Gasteiger partial charge < -0.3 is 5.32 Å². The molecule has 0 aliphatic carbocycles. The molecule has 0 saturated carbocycles. The quantitative estimate of drug-likeness (QED) is 0.853. The van der Waals surface area contributed by atoms with E-state index in [1.54, 1.807) is 13.1 Å². The zero-order chi connectivity index (χ0) is 9.14. The summed E-state index contributed by atoms with van der Waals surface area (Å²) in [6.07, 6.45) is 0. The summed E-state index contributed by atoms with van der Waals surface area (Å²) in [4.78, 5) is 0. The van der Waals surface area contributed by atoms with Crippen LogP contribution in [-0.4, -0.2) is 7.05 Å². The number of halogens is 3. The lowest BCUT2D eigenvalue weighted by Gasteiger charge is -2.05. The first-order chi connectivity index (χ1) is 5.65. The molecular weight excluding hydrogens is 244 g/mol. The van der Waals surface area contributed by atoms with Crippen LogP contribution in [0, 0.1) is 5.82 Å². The molecule has 12 heavy (non-hydrogen) atoms. The van der Waals surface area contributed by atoms with Crippen molar-refractivity contribution in [2.24, 2.45) is 0 Å². The van der Waals surface area contributed by atoms with Crippen molar-refractivity contribution in [2.45, 2.75) is 6.54 Å². The molecule has 0 fully saturated rings. The number of benzene rings is 1. The zero-order valence-corrected chi connectivity index (χ0v) is 8.84. The van der Waals surface area contributed by atoms with Gasteiger partial charge in [-0.2, -0.15) is 0 Å². The third-order valence-corrected chi connectivity index (χ3v) is 2.39. The molecule has 0 heterocycles. The van der Waals surface area contributed by atoms with Crippen LogP contribution in [-0.2, 0) is 6.54 Å². The Morgan fingerprint density at radius 3 is 2.75 bits per heavy atom. The second kappa shape index (κ2) is 4.21. The first-order valence-electron chi connectivity index (χ1n) is 3.43. The van der Waals surface area contributed by atoms with Crippen molar-refractivity contribution in [1.29, 1.82) is 0 Å². The molecular formula is C8H8BrClFN. The van der Waals surface area contributed by atoms with Gasteiger partial charge in [-0.1, -0.05) is 27.5 Å². The Labute approximate surface area is 84.0 Å². The number of rotatable bonds is 2. The number of nitrogens with one attached hydrogen (secondary N) is 1. The smallest absolute Gasteiger partial charge is 0.130 e. The molecule has 0 amide bonds. The van der Waals surface area contributed by atoms with E-state index in [1.807, 2.05) is 0 Å². The first kappa shape index (κ1) is 9.96. The van der Waals surface area contributed by atoms with Crippen LogP contribution in [0.15, 0.2) is 16.6 Å². The summed E-state index contributed by atoms with van der Waals surface area (Å²) in [5, 5.41) is 3.27. The second-order valence-electron chi connectivity index (χ2n) is 2.38. The van der Waals surface area contributed by atoms with E-state index >= 15 is 0 Å². The molecule has 1 aromatic rings. The fourth-order valence-corrected chi connectivity index (χ4v) is 1.83.